The first-order valence-corrected chi connectivity index (χ1v) is 18.3. The molecule has 2 bridgehead atoms. The van der Waals surface area contributed by atoms with Gasteiger partial charge in [0.25, 0.3) is 5.91 Å². The summed E-state index contributed by atoms with van der Waals surface area (Å²) in [5.74, 6) is -1.23. The van der Waals surface area contributed by atoms with Gasteiger partial charge in [-0.15, -0.1) is 0 Å². The number of rotatable bonds is 4. The van der Waals surface area contributed by atoms with Gasteiger partial charge in [0.2, 0.25) is 0 Å². The maximum Gasteiger partial charge on any atom is 0.338 e. The Balaban J connectivity index is 1.18. The van der Waals surface area contributed by atoms with Gasteiger partial charge in [-0.2, -0.15) is 0 Å². The van der Waals surface area contributed by atoms with Gasteiger partial charge >= 0.3 is 12.0 Å². The van der Waals surface area contributed by atoms with Gasteiger partial charge in [0.1, 0.15) is 12.3 Å². The third kappa shape index (κ3) is 6.22. The Kier molecular flexibility index (Phi) is 9.93. The van der Waals surface area contributed by atoms with E-state index in [0.717, 1.165) is 38.6 Å². The van der Waals surface area contributed by atoms with Gasteiger partial charge in [0.05, 0.1) is 31.6 Å². The van der Waals surface area contributed by atoms with Crippen molar-refractivity contribution in [2.75, 3.05) is 39.9 Å². The molecule has 0 aromatic carbocycles. The van der Waals surface area contributed by atoms with Gasteiger partial charge in [0, 0.05) is 56.2 Å². The number of esters is 1. The van der Waals surface area contributed by atoms with Crippen LogP contribution in [0.4, 0.5) is 13.6 Å². The maximum absolute atomic E-state index is 16.6. The second-order valence-corrected chi connectivity index (χ2v) is 15.6. The highest BCUT2D eigenvalue weighted by Gasteiger charge is 2.58. The molecule has 0 spiro atoms. The Morgan fingerprint density at radius 3 is 2.58 bits per heavy atom. The predicted octanol–water partition coefficient (Wildman–Crippen LogP) is 1.77. The molecular formula is C34H54F2N6O6. The van der Waals surface area contributed by atoms with E-state index in [4.69, 9.17) is 14.2 Å². The van der Waals surface area contributed by atoms with Gasteiger partial charge in [-0.05, 0) is 70.3 Å². The molecule has 7 aliphatic rings. The molecule has 270 valence electrons. The number of piperidine rings is 2. The van der Waals surface area contributed by atoms with Crippen molar-refractivity contribution in [3.05, 3.63) is 0 Å². The molecule has 6 heterocycles. The van der Waals surface area contributed by atoms with E-state index in [9.17, 15) is 14.4 Å². The second-order valence-electron chi connectivity index (χ2n) is 15.6. The van der Waals surface area contributed by atoms with Gasteiger partial charge < -0.3 is 34.6 Å². The van der Waals surface area contributed by atoms with Crippen LogP contribution in [0.2, 0.25) is 0 Å². The third-order valence-corrected chi connectivity index (χ3v) is 12.5. The van der Waals surface area contributed by atoms with E-state index >= 15 is 8.78 Å². The van der Waals surface area contributed by atoms with Crippen LogP contribution >= 0.6 is 0 Å². The number of epoxide rings is 1. The van der Waals surface area contributed by atoms with Gasteiger partial charge in [0.15, 0.2) is 12.2 Å². The molecule has 7 rings (SSSR count). The van der Waals surface area contributed by atoms with E-state index in [1.807, 2.05) is 11.8 Å². The summed E-state index contributed by atoms with van der Waals surface area (Å²) in [7, 11) is 1.27. The number of alkyl halides is 2. The van der Waals surface area contributed by atoms with E-state index in [0.29, 0.717) is 32.7 Å². The normalized spacial score (nSPS) is 45.2. The second kappa shape index (κ2) is 13.9. The van der Waals surface area contributed by atoms with E-state index < -0.39 is 54.8 Å². The number of methoxy groups -OCH3 is 1. The topological polar surface area (TPSA) is 128 Å². The molecule has 0 aromatic rings. The summed E-state index contributed by atoms with van der Waals surface area (Å²) in [5, 5.41) is 10.7. The van der Waals surface area contributed by atoms with Crippen LogP contribution in [0.25, 0.3) is 0 Å². The third-order valence-electron chi connectivity index (χ3n) is 12.5. The highest BCUT2D eigenvalue weighted by molar-refractivity contribution is 5.92. The van der Waals surface area contributed by atoms with Crippen LogP contribution in [-0.4, -0.2) is 140 Å². The Morgan fingerprint density at radius 2 is 1.83 bits per heavy atom. The van der Waals surface area contributed by atoms with Gasteiger partial charge in [-0.25, -0.2) is 18.4 Å². The molecule has 3 amide bonds. The Bertz CT molecular complexity index is 1220. The van der Waals surface area contributed by atoms with Crippen LogP contribution in [0.5, 0.6) is 0 Å². The van der Waals surface area contributed by atoms with Gasteiger partial charge in [-0.1, -0.05) is 13.8 Å². The molecule has 3 N–H and O–H groups in total. The Morgan fingerprint density at radius 1 is 1.02 bits per heavy atom. The summed E-state index contributed by atoms with van der Waals surface area (Å²) >= 11 is 0. The first-order valence-electron chi connectivity index (χ1n) is 18.3. The zero-order valence-electron chi connectivity index (χ0n) is 28.7. The highest BCUT2D eigenvalue weighted by Crippen LogP contribution is 2.43. The van der Waals surface area contributed by atoms with Crippen LogP contribution in [0.15, 0.2) is 0 Å². The van der Waals surface area contributed by atoms with E-state index in [1.165, 1.54) is 7.11 Å². The monoisotopic (exact) mass is 680 g/mol. The van der Waals surface area contributed by atoms with Crippen LogP contribution < -0.4 is 16.0 Å². The zero-order chi connectivity index (χ0) is 33.9. The lowest BCUT2D eigenvalue weighted by molar-refractivity contribution is -0.143. The lowest BCUT2D eigenvalue weighted by Crippen LogP contribution is -2.80. The van der Waals surface area contributed by atoms with Crippen molar-refractivity contribution in [3.8, 4) is 0 Å². The number of carbonyl (C=O) groups is 3. The van der Waals surface area contributed by atoms with Crippen LogP contribution in [0.3, 0.4) is 0 Å². The number of hydrogen-bond donors (Lipinski definition) is 3. The molecule has 0 radical (unpaired) electrons. The molecule has 1 aliphatic carbocycles. The fourth-order valence-electron chi connectivity index (χ4n) is 10.1. The van der Waals surface area contributed by atoms with Crippen LogP contribution in [-0.2, 0) is 23.8 Å². The number of nitrogens with one attached hydrogen (secondary N) is 3. The number of nitrogens with zero attached hydrogens (tertiary/aromatic N) is 3. The predicted molar refractivity (Wildman–Crippen MR) is 171 cm³/mol. The molecule has 14 unspecified atom stereocenters. The largest absolute Gasteiger partial charge is 0.467 e. The smallest absolute Gasteiger partial charge is 0.338 e. The summed E-state index contributed by atoms with van der Waals surface area (Å²) in [6.45, 7) is 8.98. The first kappa shape index (κ1) is 34.3. The molecule has 14 heteroatoms. The SMILES string of the molecule is COC(=O)C1OC1C(=O)N1CCN(C2NC(=O)N3C4NC(C(F)CC24)C2C(F)CCCC2OCCCC2CCNC(C(C)C)C23)C(C)C1. The molecule has 6 saturated heterocycles. The van der Waals surface area contributed by atoms with Crippen LogP contribution in [0.1, 0.15) is 65.7 Å². The fourth-order valence-corrected chi connectivity index (χ4v) is 10.1. The average Bonchev–Trinajstić information content (AvgIpc) is 3.87. The Hall–Kier alpha value is -2.13. The summed E-state index contributed by atoms with van der Waals surface area (Å²) in [6, 6.07) is -1.16. The van der Waals surface area contributed by atoms with E-state index in [2.05, 4.69) is 34.7 Å². The van der Waals surface area contributed by atoms with E-state index in [-0.39, 0.29) is 60.3 Å². The number of urea groups is 1. The van der Waals surface area contributed by atoms with Crippen molar-refractivity contribution in [3.63, 3.8) is 0 Å². The minimum atomic E-state index is -1.32. The number of carbonyl (C=O) groups excluding carboxylic acids is 3. The van der Waals surface area contributed by atoms with Crippen molar-refractivity contribution in [1.82, 2.24) is 30.7 Å². The number of hydrogen-bond acceptors (Lipinski definition) is 9. The number of piperazine rings is 1. The van der Waals surface area contributed by atoms with Crippen molar-refractivity contribution >= 4 is 17.9 Å². The average molecular weight is 681 g/mol. The van der Waals surface area contributed by atoms with Crippen LogP contribution in [0, 0.1) is 23.7 Å². The number of amides is 3. The number of ether oxygens (including phenoxy) is 3. The summed E-state index contributed by atoms with van der Waals surface area (Å²) in [5.41, 5.74) is 0. The molecule has 1 saturated carbocycles. The minimum absolute atomic E-state index is 0.0576. The van der Waals surface area contributed by atoms with Crippen molar-refractivity contribution < 1.29 is 37.4 Å². The molecule has 6 aliphatic heterocycles. The molecule has 7 fully saturated rings. The van der Waals surface area contributed by atoms with E-state index in [1.54, 1.807) is 4.90 Å². The number of fused-ring (bicyclic) bond motifs is 5. The highest BCUT2D eigenvalue weighted by atomic mass is 19.1. The van der Waals surface area contributed by atoms with Crippen molar-refractivity contribution in [2.24, 2.45) is 23.7 Å². The first-order chi connectivity index (χ1) is 23.1. The summed E-state index contributed by atoms with van der Waals surface area (Å²) in [4.78, 5) is 45.4. The lowest BCUT2D eigenvalue weighted by Gasteiger charge is -2.60. The zero-order valence-corrected chi connectivity index (χ0v) is 28.7. The fraction of sp³-hybridized carbons (Fsp3) is 0.912. The summed E-state index contributed by atoms with van der Waals surface area (Å²) < 4.78 is 48.9. The molecule has 14 atom stereocenters. The summed E-state index contributed by atoms with van der Waals surface area (Å²) in [6.07, 6.45) is -0.831. The number of halogens is 2. The molecule has 48 heavy (non-hydrogen) atoms. The minimum Gasteiger partial charge on any atom is -0.467 e. The van der Waals surface area contributed by atoms with Crippen molar-refractivity contribution in [2.45, 2.75) is 133 Å². The molecular weight excluding hydrogens is 626 g/mol. The lowest BCUT2D eigenvalue weighted by atomic mass is 9.72. The quantitative estimate of drug-likeness (QED) is 0.301. The standard InChI is InChI=1S/C34H54F2N6O6/c1-17(2)25-27-19(10-11-37-25)7-6-14-47-23-9-5-8-21(35)24(23)26-22(36)15-20-30(39-34(45)42(27)31(20)38-26)41-13-12-40(16-18(41)3)32(43)28-29(48-28)33(44)46-4/h17-31,37-38H,5-16H2,1-4H3,(H,39,45). The molecule has 12 nitrogen and oxygen atoms in total. The molecule has 0 aromatic heterocycles. The van der Waals surface area contributed by atoms with Crippen molar-refractivity contribution in [1.29, 1.82) is 0 Å². The van der Waals surface area contributed by atoms with Gasteiger partial charge in [-0.3, -0.25) is 15.0 Å². The maximum atomic E-state index is 16.6. The Labute approximate surface area is 282 Å².